The zero-order valence-corrected chi connectivity index (χ0v) is 12.4. The molecule has 1 atom stereocenters. The fourth-order valence-corrected chi connectivity index (χ4v) is 3.24. The van der Waals surface area contributed by atoms with Crippen molar-refractivity contribution in [3.05, 3.63) is 29.8 Å². The minimum atomic E-state index is 0.242. The van der Waals surface area contributed by atoms with Crippen LogP contribution in [0, 0.1) is 0 Å². The Hall–Kier alpha value is -1.02. The van der Waals surface area contributed by atoms with Gasteiger partial charge in [0.1, 0.15) is 0 Å². The third-order valence-corrected chi connectivity index (χ3v) is 4.18. The van der Waals surface area contributed by atoms with E-state index in [0.717, 1.165) is 19.0 Å². The van der Waals surface area contributed by atoms with Gasteiger partial charge in [0.25, 0.3) is 0 Å². The predicted molar refractivity (Wildman–Crippen MR) is 83.7 cm³/mol. The Morgan fingerprint density at radius 3 is 2.32 bits per heavy atom. The lowest BCUT2D eigenvalue weighted by atomic mass is 9.93. The molecule has 1 fully saturated rings. The Bertz CT molecular complexity index is 363. The molecule has 0 aromatic heterocycles. The van der Waals surface area contributed by atoms with Crippen molar-refractivity contribution in [2.45, 2.75) is 64.5 Å². The molecule has 0 bridgehead atoms. The summed E-state index contributed by atoms with van der Waals surface area (Å²) >= 11 is 0. The maximum Gasteiger partial charge on any atom is 0.0368 e. The molecule has 1 aromatic carbocycles. The highest BCUT2D eigenvalue weighted by Crippen LogP contribution is 2.27. The predicted octanol–water partition coefficient (Wildman–Crippen LogP) is 3.74. The Morgan fingerprint density at radius 1 is 1.16 bits per heavy atom. The van der Waals surface area contributed by atoms with E-state index < -0.39 is 0 Å². The van der Waals surface area contributed by atoms with Gasteiger partial charge in [0.15, 0.2) is 0 Å². The average Bonchev–Trinajstić information content (AvgIpc) is 2.42. The van der Waals surface area contributed by atoms with Crippen LogP contribution >= 0.6 is 0 Å². The van der Waals surface area contributed by atoms with E-state index >= 15 is 0 Å². The summed E-state index contributed by atoms with van der Waals surface area (Å²) < 4.78 is 0. The van der Waals surface area contributed by atoms with Crippen LogP contribution < -0.4 is 10.6 Å². The first-order valence-corrected chi connectivity index (χ1v) is 7.82. The Balaban J connectivity index is 2.05. The Morgan fingerprint density at radius 2 is 1.79 bits per heavy atom. The van der Waals surface area contributed by atoms with Gasteiger partial charge in [-0.15, -0.1) is 0 Å². The first-order chi connectivity index (χ1) is 9.20. The largest absolute Gasteiger partial charge is 0.369 e. The van der Waals surface area contributed by atoms with Gasteiger partial charge < -0.3 is 10.6 Å². The highest BCUT2D eigenvalue weighted by molar-refractivity contribution is 5.48. The lowest BCUT2D eigenvalue weighted by molar-refractivity contribution is 0.418. The molecule has 0 aliphatic heterocycles. The van der Waals surface area contributed by atoms with Crippen LogP contribution in [0.4, 0.5) is 5.69 Å². The monoisotopic (exact) mass is 260 g/mol. The van der Waals surface area contributed by atoms with Crippen LogP contribution in [0.3, 0.4) is 0 Å². The van der Waals surface area contributed by atoms with Crippen molar-refractivity contribution in [2.24, 2.45) is 5.73 Å². The van der Waals surface area contributed by atoms with Crippen LogP contribution in [-0.2, 0) is 6.42 Å². The van der Waals surface area contributed by atoms with Crippen LogP contribution in [0.2, 0.25) is 0 Å². The fraction of sp³-hybridized carbons (Fsp3) is 0.647. The van der Waals surface area contributed by atoms with E-state index in [9.17, 15) is 0 Å². The molecule has 0 radical (unpaired) electrons. The second kappa shape index (κ2) is 6.95. The molecule has 1 unspecified atom stereocenters. The smallest absolute Gasteiger partial charge is 0.0368 e. The Labute approximate surface area is 118 Å². The number of hydrogen-bond donors (Lipinski definition) is 1. The van der Waals surface area contributed by atoms with Crippen molar-refractivity contribution in [2.75, 3.05) is 11.4 Å². The van der Waals surface area contributed by atoms with Gasteiger partial charge in [-0.25, -0.2) is 0 Å². The summed E-state index contributed by atoms with van der Waals surface area (Å²) in [5.74, 6) is 0. The van der Waals surface area contributed by atoms with Gasteiger partial charge in [0.05, 0.1) is 0 Å². The van der Waals surface area contributed by atoms with E-state index in [4.69, 9.17) is 5.73 Å². The van der Waals surface area contributed by atoms with Gasteiger partial charge in [0.2, 0.25) is 0 Å². The third kappa shape index (κ3) is 3.97. The molecular weight excluding hydrogens is 232 g/mol. The summed E-state index contributed by atoms with van der Waals surface area (Å²) in [5.41, 5.74) is 8.58. The van der Waals surface area contributed by atoms with Crippen molar-refractivity contribution in [1.29, 1.82) is 0 Å². The third-order valence-electron chi connectivity index (χ3n) is 4.18. The lowest BCUT2D eigenvalue weighted by Crippen LogP contribution is -2.36. The summed E-state index contributed by atoms with van der Waals surface area (Å²) in [6.45, 7) is 5.44. The van der Waals surface area contributed by atoms with Crippen molar-refractivity contribution in [3.8, 4) is 0 Å². The van der Waals surface area contributed by atoms with Crippen molar-refractivity contribution in [1.82, 2.24) is 0 Å². The van der Waals surface area contributed by atoms with Crippen LogP contribution in [0.1, 0.15) is 51.5 Å². The minimum absolute atomic E-state index is 0.242. The molecule has 1 saturated carbocycles. The van der Waals surface area contributed by atoms with Gasteiger partial charge in [0, 0.05) is 24.3 Å². The van der Waals surface area contributed by atoms with Crippen molar-refractivity contribution >= 4 is 5.69 Å². The highest BCUT2D eigenvalue weighted by Gasteiger charge is 2.20. The molecule has 0 amide bonds. The molecule has 2 N–H and O–H groups in total. The summed E-state index contributed by atoms with van der Waals surface area (Å²) in [6.07, 6.45) is 7.88. The molecular formula is C17H28N2. The summed E-state index contributed by atoms with van der Waals surface area (Å²) in [6, 6.07) is 10.0. The molecule has 0 saturated heterocycles. The van der Waals surface area contributed by atoms with Crippen LogP contribution in [0.5, 0.6) is 0 Å². The van der Waals surface area contributed by atoms with E-state index in [1.807, 2.05) is 0 Å². The molecule has 106 valence electrons. The highest BCUT2D eigenvalue weighted by atomic mass is 15.2. The van der Waals surface area contributed by atoms with Gasteiger partial charge in [-0.2, -0.15) is 0 Å². The molecule has 0 spiro atoms. The lowest BCUT2D eigenvalue weighted by Gasteiger charge is -2.35. The number of rotatable bonds is 5. The molecule has 2 heteroatoms. The molecule has 1 aliphatic rings. The molecule has 1 aromatic rings. The molecule has 1 aliphatic carbocycles. The summed E-state index contributed by atoms with van der Waals surface area (Å²) in [4.78, 5) is 2.58. The van der Waals surface area contributed by atoms with Crippen LogP contribution in [-0.4, -0.2) is 18.6 Å². The minimum Gasteiger partial charge on any atom is -0.369 e. The van der Waals surface area contributed by atoms with E-state index in [0.29, 0.717) is 0 Å². The van der Waals surface area contributed by atoms with E-state index in [2.05, 4.69) is 43.0 Å². The van der Waals surface area contributed by atoms with Gasteiger partial charge >= 0.3 is 0 Å². The van der Waals surface area contributed by atoms with Crippen LogP contribution in [0.15, 0.2) is 24.3 Å². The quantitative estimate of drug-likeness (QED) is 0.874. The summed E-state index contributed by atoms with van der Waals surface area (Å²) in [7, 11) is 0. The molecule has 19 heavy (non-hydrogen) atoms. The fourth-order valence-electron chi connectivity index (χ4n) is 3.24. The normalized spacial score (nSPS) is 18.3. The molecule has 0 heterocycles. The molecule has 2 rings (SSSR count). The van der Waals surface area contributed by atoms with E-state index in [1.165, 1.54) is 43.4 Å². The topological polar surface area (TPSA) is 29.3 Å². The number of nitrogens with zero attached hydrogens (tertiary/aromatic N) is 1. The van der Waals surface area contributed by atoms with Gasteiger partial charge in [-0.05, 0) is 50.8 Å². The number of benzene rings is 1. The zero-order valence-electron chi connectivity index (χ0n) is 12.4. The average molecular weight is 260 g/mol. The molecule has 2 nitrogen and oxygen atoms in total. The number of hydrogen-bond acceptors (Lipinski definition) is 2. The maximum absolute atomic E-state index is 5.85. The van der Waals surface area contributed by atoms with E-state index in [1.54, 1.807) is 0 Å². The standard InChI is InChI=1S/C17H28N2/c1-3-19(16-7-5-4-6-8-16)17-11-9-15(10-12-17)13-14(2)18/h9-12,14,16H,3-8,13,18H2,1-2H3. The maximum atomic E-state index is 5.85. The van der Waals surface area contributed by atoms with Crippen molar-refractivity contribution < 1.29 is 0 Å². The Kier molecular flexibility index (Phi) is 5.26. The van der Waals surface area contributed by atoms with E-state index in [-0.39, 0.29) is 6.04 Å². The second-order valence-corrected chi connectivity index (χ2v) is 5.93. The second-order valence-electron chi connectivity index (χ2n) is 5.93. The number of nitrogens with two attached hydrogens (primary N) is 1. The number of anilines is 1. The summed E-state index contributed by atoms with van der Waals surface area (Å²) in [5, 5.41) is 0. The SMILES string of the molecule is CCN(c1ccc(CC(C)N)cc1)C1CCCCC1. The van der Waals surface area contributed by atoms with Crippen LogP contribution in [0.25, 0.3) is 0 Å². The first-order valence-electron chi connectivity index (χ1n) is 7.82. The van der Waals surface area contributed by atoms with Crippen molar-refractivity contribution in [3.63, 3.8) is 0 Å². The van der Waals surface area contributed by atoms with Gasteiger partial charge in [-0.3, -0.25) is 0 Å². The first kappa shape index (κ1) is 14.4. The van der Waals surface area contributed by atoms with Gasteiger partial charge in [-0.1, -0.05) is 31.4 Å². The zero-order chi connectivity index (χ0) is 13.7.